The Kier molecular flexibility index (Phi) is 6.43. The van der Waals surface area contributed by atoms with Gasteiger partial charge in [-0.05, 0) is 24.5 Å². The summed E-state index contributed by atoms with van der Waals surface area (Å²) in [5.41, 5.74) is 1.40. The van der Waals surface area contributed by atoms with Gasteiger partial charge in [0.15, 0.2) is 0 Å². The minimum absolute atomic E-state index is 0. The molecule has 1 aromatic carbocycles. The van der Waals surface area contributed by atoms with Gasteiger partial charge in [-0.2, -0.15) is 0 Å². The first-order chi connectivity index (χ1) is 6.75. The molecule has 2 heteroatoms. The van der Waals surface area contributed by atoms with Gasteiger partial charge in [-0.3, -0.25) is 0 Å². The number of aromatic carboxylic acids is 1. The lowest BCUT2D eigenvalue weighted by molar-refractivity contribution is 0.0695. The van der Waals surface area contributed by atoms with E-state index in [4.69, 9.17) is 5.11 Å². The fraction of sp³-hybridized carbons (Fsp3) is 0.462. The van der Waals surface area contributed by atoms with Gasteiger partial charge in [0.25, 0.3) is 0 Å². The van der Waals surface area contributed by atoms with Crippen molar-refractivity contribution in [1.82, 2.24) is 0 Å². The van der Waals surface area contributed by atoms with Gasteiger partial charge in [-0.1, -0.05) is 45.4 Å². The third kappa shape index (κ3) is 4.15. The van der Waals surface area contributed by atoms with Gasteiger partial charge in [0.2, 0.25) is 0 Å². The van der Waals surface area contributed by atoms with E-state index in [9.17, 15) is 4.79 Å². The van der Waals surface area contributed by atoms with Crippen LogP contribution in [0.1, 0.15) is 49.5 Å². The molecule has 0 radical (unpaired) electrons. The van der Waals surface area contributed by atoms with Gasteiger partial charge >= 0.3 is 5.97 Å². The van der Waals surface area contributed by atoms with E-state index in [-0.39, 0.29) is 7.43 Å². The van der Waals surface area contributed by atoms with Crippen LogP contribution in [0.5, 0.6) is 0 Å². The normalized spacial score (nSPS) is 9.40. The van der Waals surface area contributed by atoms with Gasteiger partial charge in [0.1, 0.15) is 0 Å². The van der Waals surface area contributed by atoms with Crippen molar-refractivity contribution in [2.45, 2.75) is 40.0 Å². The second-order valence-electron chi connectivity index (χ2n) is 3.42. The van der Waals surface area contributed by atoms with Crippen LogP contribution in [-0.2, 0) is 6.42 Å². The fourth-order valence-corrected chi connectivity index (χ4v) is 1.51. The summed E-state index contributed by atoms with van der Waals surface area (Å²) in [6.45, 7) is 2.14. The zero-order valence-corrected chi connectivity index (χ0v) is 8.49. The van der Waals surface area contributed by atoms with Gasteiger partial charge < -0.3 is 5.11 Å². The van der Waals surface area contributed by atoms with Crippen LogP contribution in [0.3, 0.4) is 0 Å². The molecular weight excluding hydrogens is 188 g/mol. The second kappa shape index (κ2) is 7.04. The Morgan fingerprint density at radius 1 is 1.27 bits per heavy atom. The van der Waals surface area contributed by atoms with E-state index in [0.717, 1.165) is 31.2 Å². The highest BCUT2D eigenvalue weighted by Crippen LogP contribution is 2.12. The Bertz CT molecular complexity index is 305. The SMILES string of the molecule is C.CCCCCc1ccccc1C(=O)O. The molecule has 0 fully saturated rings. The van der Waals surface area contributed by atoms with E-state index in [1.807, 2.05) is 12.1 Å². The highest BCUT2D eigenvalue weighted by Gasteiger charge is 2.07. The van der Waals surface area contributed by atoms with Crippen molar-refractivity contribution in [3.05, 3.63) is 35.4 Å². The average molecular weight is 208 g/mol. The monoisotopic (exact) mass is 208 g/mol. The van der Waals surface area contributed by atoms with Crippen LogP contribution < -0.4 is 0 Å². The summed E-state index contributed by atoms with van der Waals surface area (Å²) in [4.78, 5) is 10.9. The Labute approximate surface area is 91.9 Å². The van der Waals surface area contributed by atoms with Crippen molar-refractivity contribution in [3.8, 4) is 0 Å². The van der Waals surface area contributed by atoms with E-state index in [0.29, 0.717) is 5.56 Å². The zero-order chi connectivity index (χ0) is 10.4. The summed E-state index contributed by atoms with van der Waals surface area (Å²) in [6.07, 6.45) is 4.26. The van der Waals surface area contributed by atoms with Crippen LogP contribution in [0.25, 0.3) is 0 Å². The molecule has 0 saturated carbocycles. The summed E-state index contributed by atoms with van der Waals surface area (Å²) in [7, 11) is 0. The predicted molar refractivity (Wildman–Crippen MR) is 63.4 cm³/mol. The van der Waals surface area contributed by atoms with Crippen molar-refractivity contribution in [2.24, 2.45) is 0 Å². The number of carboxylic acid groups (broad SMARTS) is 1. The van der Waals surface area contributed by atoms with Crippen molar-refractivity contribution in [1.29, 1.82) is 0 Å². The minimum atomic E-state index is -0.822. The highest BCUT2D eigenvalue weighted by atomic mass is 16.4. The standard InChI is InChI=1S/C12H16O2.CH4/c1-2-3-4-7-10-8-5-6-9-11(10)12(13)14;/h5-6,8-9H,2-4,7H2,1H3,(H,13,14);1H4. The predicted octanol–water partition coefficient (Wildman–Crippen LogP) is 3.75. The highest BCUT2D eigenvalue weighted by molar-refractivity contribution is 5.89. The Hall–Kier alpha value is -1.31. The molecule has 2 nitrogen and oxygen atoms in total. The molecule has 0 spiro atoms. The van der Waals surface area contributed by atoms with E-state index < -0.39 is 5.97 Å². The Balaban J connectivity index is 0.00000196. The summed E-state index contributed by atoms with van der Waals surface area (Å²) in [5.74, 6) is -0.822. The van der Waals surface area contributed by atoms with Crippen molar-refractivity contribution in [3.63, 3.8) is 0 Å². The molecule has 1 aromatic rings. The van der Waals surface area contributed by atoms with Crippen molar-refractivity contribution in [2.75, 3.05) is 0 Å². The third-order valence-corrected chi connectivity index (χ3v) is 2.30. The zero-order valence-electron chi connectivity index (χ0n) is 8.49. The van der Waals surface area contributed by atoms with Crippen LogP contribution in [0.15, 0.2) is 24.3 Å². The molecule has 0 aromatic heterocycles. The number of aryl methyl sites for hydroxylation is 1. The molecule has 1 rings (SSSR count). The van der Waals surface area contributed by atoms with Crippen molar-refractivity contribution >= 4 is 5.97 Å². The minimum Gasteiger partial charge on any atom is -0.478 e. The van der Waals surface area contributed by atoms with Gasteiger partial charge in [0, 0.05) is 0 Å². The largest absolute Gasteiger partial charge is 0.478 e. The summed E-state index contributed by atoms with van der Waals surface area (Å²) in [6, 6.07) is 7.24. The number of unbranched alkanes of at least 4 members (excludes halogenated alkanes) is 2. The first-order valence-electron chi connectivity index (χ1n) is 5.07. The van der Waals surface area contributed by atoms with Crippen molar-refractivity contribution < 1.29 is 9.90 Å². The van der Waals surface area contributed by atoms with Crippen LogP contribution in [-0.4, -0.2) is 11.1 Å². The molecule has 0 amide bonds. The van der Waals surface area contributed by atoms with E-state index in [2.05, 4.69) is 6.92 Å². The smallest absolute Gasteiger partial charge is 0.335 e. The Morgan fingerprint density at radius 3 is 2.53 bits per heavy atom. The third-order valence-electron chi connectivity index (χ3n) is 2.30. The molecule has 0 atom stereocenters. The number of hydrogen-bond donors (Lipinski definition) is 1. The Morgan fingerprint density at radius 2 is 1.93 bits per heavy atom. The van der Waals surface area contributed by atoms with E-state index >= 15 is 0 Å². The first kappa shape index (κ1) is 13.7. The summed E-state index contributed by atoms with van der Waals surface area (Å²) < 4.78 is 0. The number of carboxylic acids is 1. The quantitative estimate of drug-likeness (QED) is 0.748. The summed E-state index contributed by atoms with van der Waals surface area (Å²) >= 11 is 0. The molecule has 0 aliphatic carbocycles. The summed E-state index contributed by atoms with van der Waals surface area (Å²) in [5, 5.41) is 8.92. The number of hydrogen-bond acceptors (Lipinski definition) is 1. The molecule has 0 heterocycles. The molecule has 0 aliphatic rings. The van der Waals surface area contributed by atoms with Crippen LogP contribution in [0.4, 0.5) is 0 Å². The molecule has 0 unspecified atom stereocenters. The van der Waals surface area contributed by atoms with E-state index in [1.165, 1.54) is 0 Å². The molecule has 0 saturated heterocycles. The van der Waals surface area contributed by atoms with Gasteiger partial charge in [0.05, 0.1) is 5.56 Å². The lowest BCUT2D eigenvalue weighted by Crippen LogP contribution is -2.01. The van der Waals surface area contributed by atoms with Gasteiger partial charge in [-0.15, -0.1) is 0 Å². The molecule has 15 heavy (non-hydrogen) atoms. The molecule has 0 aliphatic heterocycles. The van der Waals surface area contributed by atoms with E-state index in [1.54, 1.807) is 12.1 Å². The maximum Gasteiger partial charge on any atom is 0.335 e. The number of rotatable bonds is 5. The fourth-order valence-electron chi connectivity index (χ4n) is 1.51. The molecular formula is C13H20O2. The average Bonchev–Trinajstić information content (AvgIpc) is 2.19. The van der Waals surface area contributed by atoms with Crippen LogP contribution in [0, 0.1) is 0 Å². The maximum absolute atomic E-state index is 10.9. The molecule has 0 bridgehead atoms. The van der Waals surface area contributed by atoms with Crippen LogP contribution >= 0.6 is 0 Å². The van der Waals surface area contributed by atoms with Crippen LogP contribution in [0.2, 0.25) is 0 Å². The lowest BCUT2D eigenvalue weighted by Gasteiger charge is -2.04. The first-order valence-corrected chi connectivity index (χ1v) is 5.07. The lowest BCUT2D eigenvalue weighted by atomic mass is 10.0. The molecule has 1 N–H and O–H groups in total. The number of carbonyl (C=O) groups is 1. The van der Waals surface area contributed by atoms with Gasteiger partial charge in [-0.25, -0.2) is 4.79 Å². The topological polar surface area (TPSA) is 37.3 Å². The maximum atomic E-state index is 10.9. The second-order valence-corrected chi connectivity index (χ2v) is 3.42. The number of benzene rings is 1. The molecule has 84 valence electrons.